The molecule has 0 saturated heterocycles. The molecule has 2 aromatic heterocycles. The zero-order chi connectivity index (χ0) is 13.4. The van der Waals surface area contributed by atoms with Crippen LogP contribution in [0.5, 0.6) is 0 Å². The Morgan fingerprint density at radius 2 is 1.15 bits per heavy atom. The van der Waals surface area contributed by atoms with Gasteiger partial charge in [-0.15, -0.1) is 0 Å². The van der Waals surface area contributed by atoms with Crippen LogP contribution in [0.3, 0.4) is 0 Å². The van der Waals surface area contributed by atoms with Crippen molar-refractivity contribution in [3.63, 3.8) is 0 Å². The van der Waals surface area contributed by atoms with Crippen molar-refractivity contribution < 1.29 is 0 Å². The monoisotopic (exact) mass is 260 g/mol. The molecule has 4 heteroatoms. The Kier molecular flexibility index (Phi) is 2.39. The third kappa shape index (κ3) is 1.78. The average Bonchev–Trinajstić information content (AvgIpc) is 3.19. The molecule has 0 unspecified atom stereocenters. The Bertz CT molecular complexity index is 772. The highest BCUT2D eigenvalue weighted by Crippen LogP contribution is 2.21. The first kappa shape index (κ1) is 11.0. The number of rotatable bonds is 2. The Hall–Kier alpha value is -2.88. The summed E-state index contributed by atoms with van der Waals surface area (Å²) in [5, 5.41) is 2.42. The van der Waals surface area contributed by atoms with Gasteiger partial charge in [0.25, 0.3) is 0 Å². The molecule has 96 valence electrons. The van der Waals surface area contributed by atoms with Crippen LogP contribution >= 0.6 is 0 Å². The standard InChI is InChI=1S/C16H12N4/c1-3-15(19-7-5-17-11-19)10-14-2-4-16(9-13(1)14)20-8-6-18-12-20/h1-12H. The van der Waals surface area contributed by atoms with E-state index < -0.39 is 0 Å². The van der Waals surface area contributed by atoms with Crippen molar-refractivity contribution in [3.05, 3.63) is 73.8 Å². The maximum atomic E-state index is 4.08. The molecule has 2 heterocycles. The third-order valence-corrected chi connectivity index (χ3v) is 3.41. The first-order valence-corrected chi connectivity index (χ1v) is 6.41. The second-order valence-electron chi connectivity index (χ2n) is 4.66. The van der Waals surface area contributed by atoms with Crippen LogP contribution in [0.15, 0.2) is 73.8 Å². The van der Waals surface area contributed by atoms with Crippen LogP contribution in [0.1, 0.15) is 0 Å². The molecule has 0 spiro atoms. The van der Waals surface area contributed by atoms with Gasteiger partial charge in [0.05, 0.1) is 12.7 Å². The van der Waals surface area contributed by atoms with Crippen molar-refractivity contribution >= 4 is 10.8 Å². The third-order valence-electron chi connectivity index (χ3n) is 3.41. The average molecular weight is 260 g/mol. The van der Waals surface area contributed by atoms with E-state index in [0.29, 0.717) is 0 Å². The molecule has 0 aliphatic heterocycles. The molecule has 0 amide bonds. The maximum absolute atomic E-state index is 4.08. The Labute approximate surface area is 116 Å². The molecule has 4 nitrogen and oxygen atoms in total. The first-order chi connectivity index (χ1) is 9.90. The summed E-state index contributed by atoms with van der Waals surface area (Å²) < 4.78 is 4.01. The second-order valence-corrected chi connectivity index (χ2v) is 4.66. The van der Waals surface area contributed by atoms with Gasteiger partial charge in [-0.2, -0.15) is 0 Å². The SMILES string of the molecule is c1cn(-c2ccc3cc(-n4ccnc4)ccc3c2)cn1. The van der Waals surface area contributed by atoms with Gasteiger partial charge in [0, 0.05) is 36.2 Å². The minimum Gasteiger partial charge on any atom is -0.306 e. The normalized spacial score (nSPS) is 11.0. The van der Waals surface area contributed by atoms with Crippen LogP contribution in [0, 0.1) is 0 Å². The predicted octanol–water partition coefficient (Wildman–Crippen LogP) is 3.21. The molecular weight excluding hydrogens is 248 g/mol. The molecule has 20 heavy (non-hydrogen) atoms. The van der Waals surface area contributed by atoms with Crippen LogP contribution in [-0.2, 0) is 0 Å². The fourth-order valence-corrected chi connectivity index (χ4v) is 2.37. The highest BCUT2D eigenvalue weighted by Gasteiger charge is 2.01. The summed E-state index contributed by atoms with van der Waals surface area (Å²) in [7, 11) is 0. The number of nitrogens with zero attached hydrogens (tertiary/aromatic N) is 4. The van der Waals surface area contributed by atoms with E-state index in [9.17, 15) is 0 Å². The minimum absolute atomic E-state index is 1.12. The van der Waals surface area contributed by atoms with E-state index in [4.69, 9.17) is 0 Å². The van der Waals surface area contributed by atoms with E-state index in [1.165, 1.54) is 10.8 Å². The van der Waals surface area contributed by atoms with Gasteiger partial charge in [0.2, 0.25) is 0 Å². The van der Waals surface area contributed by atoms with Crippen LogP contribution in [0.2, 0.25) is 0 Å². The Morgan fingerprint density at radius 1 is 0.650 bits per heavy atom. The maximum Gasteiger partial charge on any atom is 0.0991 e. The molecule has 4 rings (SSSR count). The fraction of sp³-hybridized carbons (Fsp3) is 0. The van der Waals surface area contributed by atoms with Gasteiger partial charge in [0.1, 0.15) is 0 Å². The number of benzene rings is 2. The van der Waals surface area contributed by atoms with Crippen molar-refractivity contribution in [2.24, 2.45) is 0 Å². The Morgan fingerprint density at radius 3 is 1.55 bits per heavy atom. The van der Waals surface area contributed by atoms with Gasteiger partial charge in [0.15, 0.2) is 0 Å². The van der Waals surface area contributed by atoms with Crippen molar-refractivity contribution in [3.8, 4) is 11.4 Å². The number of hydrogen-bond donors (Lipinski definition) is 0. The van der Waals surface area contributed by atoms with Gasteiger partial charge in [-0.3, -0.25) is 0 Å². The lowest BCUT2D eigenvalue weighted by Gasteiger charge is -2.07. The van der Waals surface area contributed by atoms with Gasteiger partial charge in [-0.25, -0.2) is 9.97 Å². The van der Waals surface area contributed by atoms with E-state index in [1.807, 2.05) is 21.5 Å². The van der Waals surface area contributed by atoms with E-state index in [-0.39, 0.29) is 0 Å². The summed E-state index contributed by atoms with van der Waals surface area (Å²) in [6.07, 6.45) is 11.1. The lowest BCUT2D eigenvalue weighted by atomic mass is 10.1. The van der Waals surface area contributed by atoms with Crippen LogP contribution in [-0.4, -0.2) is 19.1 Å². The number of fused-ring (bicyclic) bond motifs is 1. The predicted molar refractivity (Wildman–Crippen MR) is 78.2 cm³/mol. The number of imidazole rings is 2. The zero-order valence-corrected chi connectivity index (χ0v) is 10.7. The molecule has 4 aromatic rings. The van der Waals surface area contributed by atoms with E-state index in [0.717, 1.165) is 11.4 Å². The lowest BCUT2D eigenvalue weighted by Crippen LogP contribution is -1.92. The summed E-state index contributed by atoms with van der Waals surface area (Å²) in [4.78, 5) is 8.16. The fourth-order valence-electron chi connectivity index (χ4n) is 2.37. The van der Waals surface area contributed by atoms with Gasteiger partial charge < -0.3 is 9.13 Å². The smallest absolute Gasteiger partial charge is 0.0991 e. The second kappa shape index (κ2) is 4.35. The topological polar surface area (TPSA) is 35.6 Å². The van der Waals surface area contributed by atoms with Crippen LogP contribution in [0.25, 0.3) is 22.1 Å². The summed E-state index contributed by atoms with van der Waals surface area (Å²) in [5.41, 5.74) is 2.23. The van der Waals surface area contributed by atoms with Crippen molar-refractivity contribution in [2.45, 2.75) is 0 Å². The summed E-state index contributed by atoms with van der Waals surface area (Å²) >= 11 is 0. The van der Waals surface area contributed by atoms with Crippen molar-refractivity contribution in [1.82, 2.24) is 19.1 Å². The molecule has 0 atom stereocenters. The molecule has 0 aliphatic rings. The van der Waals surface area contributed by atoms with Crippen LogP contribution < -0.4 is 0 Å². The number of hydrogen-bond acceptors (Lipinski definition) is 2. The van der Waals surface area contributed by atoms with Gasteiger partial charge in [-0.1, -0.05) is 12.1 Å². The first-order valence-electron chi connectivity index (χ1n) is 6.41. The quantitative estimate of drug-likeness (QED) is 0.555. The minimum atomic E-state index is 1.12. The lowest BCUT2D eigenvalue weighted by molar-refractivity contribution is 1.06. The van der Waals surface area contributed by atoms with E-state index >= 15 is 0 Å². The Balaban J connectivity index is 1.83. The zero-order valence-electron chi connectivity index (χ0n) is 10.7. The highest BCUT2D eigenvalue weighted by molar-refractivity contribution is 5.86. The van der Waals surface area contributed by atoms with Gasteiger partial charge >= 0.3 is 0 Å². The van der Waals surface area contributed by atoms with Crippen molar-refractivity contribution in [1.29, 1.82) is 0 Å². The van der Waals surface area contributed by atoms with Crippen LogP contribution in [0.4, 0.5) is 0 Å². The highest BCUT2D eigenvalue weighted by atomic mass is 15.0. The molecular formula is C16H12N4. The van der Waals surface area contributed by atoms with Crippen molar-refractivity contribution in [2.75, 3.05) is 0 Å². The van der Waals surface area contributed by atoms with Gasteiger partial charge in [-0.05, 0) is 35.0 Å². The molecule has 0 bridgehead atoms. The molecule has 0 fully saturated rings. The van der Waals surface area contributed by atoms with E-state index in [2.05, 4.69) is 46.4 Å². The molecule has 0 aliphatic carbocycles. The molecule has 2 aromatic carbocycles. The largest absolute Gasteiger partial charge is 0.306 e. The molecule has 0 N–H and O–H groups in total. The summed E-state index contributed by atoms with van der Waals surface area (Å²) in [5.74, 6) is 0. The molecule has 0 radical (unpaired) electrons. The summed E-state index contributed by atoms with van der Waals surface area (Å²) in [6.45, 7) is 0. The number of aromatic nitrogens is 4. The van der Waals surface area contributed by atoms with E-state index in [1.54, 1.807) is 25.0 Å². The summed E-state index contributed by atoms with van der Waals surface area (Å²) in [6, 6.07) is 12.8. The molecule has 0 saturated carbocycles.